The minimum absolute atomic E-state index is 0.239. The summed E-state index contributed by atoms with van der Waals surface area (Å²) in [6, 6.07) is 12.9. The predicted octanol–water partition coefficient (Wildman–Crippen LogP) is 3.08. The van der Waals surface area contributed by atoms with Crippen LogP contribution >= 0.6 is 0 Å². The van der Waals surface area contributed by atoms with Crippen molar-refractivity contribution in [1.82, 2.24) is 5.32 Å². The number of benzene rings is 2. The van der Waals surface area contributed by atoms with Crippen molar-refractivity contribution in [3.63, 3.8) is 0 Å². The molecule has 1 aliphatic heterocycles. The average molecular weight is 295 g/mol. The number of anilines is 1. The Bertz CT molecular complexity index is 710. The van der Waals surface area contributed by atoms with Gasteiger partial charge in [-0.15, -0.1) is 0 Å². The molecule has 1 heterocycles. The van der Waals surface area contributed by atoms with Gasteiger partial charge in [0.2, 0.25) is 0 Å². The third-order valence-corrected chi connectivity index (χ3v) is 4.06. The monoisotopic (exact) mass is 295 g/mol. The number of nitriles is 1. The highest BCUT2D eigenvalue weighted by molar-refractivity contribution is 5.74. The molecule has 112 valence electrons. The third-order valence-electron chi connectivity index (χ3n) is 4.06. The van der Waals surface area contributed by atoms with Crippen molar-refractivity contribution in [3.05, 3.63) is 53.3 Å². The maximum Gasteiger partial charge on any atom is 0.123 e. The molecule has 1 N–H and O–H groups in total. The average Bonchev–Trinajstić information content (AvgIpc) is 2.55. The minimum Gasteiger partial charge on any atom is -0.368 e. The van der Waals surface area contributed by atoms with Gasteiger partial charge in [0.25, 0.3) is 0 Å². The SMILES string of the molecule is Cc1cc(-c2ccc(F)cc2)cc(N2CCNCC2)c1C#N. The molecule has 0 bridgehead atoms. The third kappa shape index (κ3) is 2.81. The summed E-state index contributed by atoms with van der Waals surface area (Å²) in [4.78, 5) is 2.25. The van der Waals surface area contributed by atoms with Crippen LogP contribution in [0.3, 0.4) is 0 Å². The molecule has 1 saturated heterocycles. The Morgan fingerprint density at radius 2 is 1.77 bits per heavy atom. The number of hydrogen-bond donors (Lipinski definition) is 1. The van der Waals surface area contributed by atoms with Gasteiger partial charge in [-0.1, -0.05) is 12.1 Å². The summed E-state index contributed by atoms with van der Waals surface area (Å²) in [6.07, 6.45) is 0. The Labute approximate surface area is 130 Å². The highest BCUT2D eigenvalue weighted by Gasteiger charge is 2.17. The summed E-state index contributed by atoms with van der Waals surface area (Å²) < 4.78 is 13.1. The summed E-state index contributed by atoms with van der Waals surface area (Å²) in [5, 5.41) is 12.8. The normalized spacial score (nSPS) is 14.7. The molecule has 0 radical (unpaired) electrons. The van der Waals surface area contributed by atoms with Crippen LogP contribution in [-0.2, 0) is 0 Å². The molecular formula is C18H18FN3. The van der Waals surface area contributed by atoms with E-state index in [1.165, 1.54) is 12.1 Å². The number of hydrogen-bond acceptors (Lipinski definition) is 3. The molecule has 0 spiro atoms. The molecule has 22 heavy (non-hydrogen) atoms. The van der Waals surface area contributed by atoms with Gasteiger partial charge in [-0.2, -0.15) is 5.26 Å². The first-order valence-corrected chi connectivity index (χ1v) is 7.45. The van der Waals surface area contributed by atoms with E-state index in [1.54, 1.807) is 12.1 Å². The highest BCUT2D eigenvalue weighted by Crippen LogP contribution is 2.31. The molecule has 0 saturated carbocycles. The fraction of sp³-hybridized carbons (Fsp3) is 0.278. The van der Waals surface area contributed by atoms with Crippen LogP contribution in [0.1, 0.15) is 11.1 Å². The van der Waals surface area contributed by atoms with Gasteiger partial charge in [0.05, 0.1) is 11.3 Å². The molecule has 0 aliphatic carbocycles. The number of halogens is 1. The zero-order valence-electron chi connectivity index (χ0n) is 12.6. The van der Waals surface area contributed by atoms with Gasteiger partial charge in [-0.3, -0.25) is 0 Å². The second-order valence-electron chi connectivity index (χ2n) is 5.54. The lowest BCUT2D eigenvalue weighted by Gasteiger charge is -2.31. The van der Waals surface area contributed by atoms with Gasteiger partial charge in [0, 0.05) is 26.2 Å². The van der Waals surface area contributed by atoms with Crippen LogP contribution in [0, 0.1) is 24.1 Å². The molecule has 2 aromatic carbocycles. The first-order valence-electron chi connectivity index (χ1n) is 7.45. The van der Waals surface area contributed by atoms with E-state index in [4.69, 9.17) is 0 Å². The van der Waals surface area contributed by atoms with Crippen LogP contribution in [0.5, 0.6) is 0 Å². The lowest BCUT2D eigenvalue weighted by Crippen LogP contribution is -2.43. The Hall–Kier alpha value is -2.38. The topological polar surface area (TPSA) is 39.1 Å². The fourth-order valence-corrected chi connectivity index (χ4v) is 2.88. The van der Waals surface area contributed by atoms with E-state index in [9.17, 15) is 9.65 Å². The minimum atomic E-state index is -0.239. The molecule has 3 rings (SSSR count). The van der Waals surface area contributed by atoms with Crippen molar-refractivity contribution in [2.45, 2.75) is 6.92 Å². The molecule has 3 nitrogen and oxygen atoms in total. The lowest BCUT2D eigenvalue weighted by molar-refractivity contribution is 0.589. The summed E-state index contributed by atoms with van der Waals surface area (Å²) in [7, 11) is 0. The first-order chi connectivity index (χ1) is 10.7. The Morgan fingerprint density at radius 1 is 1.09 bits per heavy atom. The van der Waals surface area contributed by atoms with E-state index in [0.717, 1.165) is 54.1 Å². The van der Waals surface area contributed by atoms with Crippen LogP contribution in [0.2, 0.25) is 0 Å². The second-order valence-corrected chi connectivity index (χ2v) is 5.54. The molecule has 4 heteroatoms. The maximum atomic E-state index is 13.1. The van der Waals surface area contributed by atoms with E-state index >= 15 is 0 Å². The van der Waals surface area contributed by atoms with E-state index < -0.39 is 0 Å². The molecule has 1 fully saturated rings. The molecule has 1 aliphatic rings. The summed E-state index contributed by atoms with van der Waals surface area (Å²) in [5.41, 5.74) is 4.64. The summed E-state index contributed by atoms with van der Waals surface area (Å²) in [5.74, 6) is -0.239. The number of nitrogens with one attached hydrogen (secondary N) is 1. The van der Waals surface area contributed by atoms with Crippen LogP contribution in [0.25, 0.3) is 11.1 Å². The summed E-state index contributed by atoms with van der Waals surface area (Å²) >= 11 is 0. The van der Waals surface area contributed by atoms with Gasteiger partial charge in [0.1, 0.15) is 11.9 Å². The van der Waals surface area contributed by atoms with Gasteiger partial charge in [-0.25, -0.2) is 4.39 Å². The number of piperazine rings is 1. The smallest absolute Gasteiger partial charge is 0.123 e. The zero-order valence-corrected chi connectivity index (χ0v) is 12.6. The van der Waals surface area contributed by atoms with Gasteiger partial charge >= 0.3 is 0 Å². The van der Waals surface area contributed by atoms with Crippen molar-refractivity contribution in [2.75, 3.05) is 31.1 Å². The van der Waals surface area contributed by atoms with Crippen molar-refractivity contribution in [2.24, 2.45) is 0 Å². The predicted molar refractivity (Wildman–Crippen MR) is 86.4 cm³/mol. The first kappa shape index (κ1) is 14.6. The van der Waals surface area contributed by atoms with Gasteiger partial charge < -0.3 is 10.2 Å². The van der Waals surface area contributed by atoms with Gasteiger partial charge in [-0.05, 0) is 47.9 Å². The van der Waals surface area contributed by atoms with E-state index in [0.29, 0.717) is 0 Å². The zero-order chi connectivity index (χ0) is 15.5. The van der Waals surface area contributed by atoms with Crippen molar-refractivity contribution in [3.8, 4) is 17.2 Å². The van der Waals surface area contributed by atoms with Gasteiger partial charge in [0.15, 0.2) is 0 Å². The largest absolute Gasteiger partial charge is 0.368 e. The molecule has 2 aromatic rings. The van der Waals surface area contributed by atoms with Crippen molar-refractivity contribution in [1.29, 1.82) is 5.26 Å². The molecule has 0 atom stereocenters. The van der Waals surface area contributed by atoms with Crippen molar-refractivity contribution < 1.29 is 4.39 Å². The number of aryl methyl sites for hydroxylation is 1. The fourth-order valence-electron chi connectivity index (χ4n) is 2.88. The van der Waals surface area contributed by atoms with Crippen LogP contribution in [0.15, 0.2) is 36.4 Å². The second kappa shape index (κ2) is 6.17. The van der Waals surface area contributed by atoms with Crippen LogP contribution in [0.4, 0.5) is 10.1 Å². The maximum absolute atomic E-state index is 13.1. The number of rotatable bonds is 2. The quantitative estimate of drug-likeness (QED) is 0.925. The molecule has 0 unspecified atom stereocenters. The number of nitrogens with zero attached hydrogens (tertiary/aromatic N) is 2. The van der Waals surface area contributed by atoms with Crippen LogP contribution in [-0.4, -0.2) is 26.2 Å². The van der Waals surface area contributed by atoms with E-state index in [1.807, 2.05) is 19.1 Å². The molecular weight excluding hydrogens is 277 g/mol. The highest BCUT2D eigenvalue weighted by atomic mass is 19.1. The Morgan fingerprint density at radius 3 is 2.41 bits per heavy atom. The molecule has 0 amide bonds. The van der Waals surface area contributed by atoms with Crippen molar-refractivity contribution >= 4 is 5.69 Å². The van der Waals surface area contributed by atoms with Crippen LogP contribution < -0.4 is 10.2 Å². The Balaban J connectivity index is 2.07. The lowest BCUT2D eigenvalue weighted by atomic mass is 9.97. The molecule has 0 aromatic heterocycles. The Kier molecular flexibility index (Phi) is 4.08. The van der Waals surface area contributed by atoms with E-state index in [2.05, 4.69) is 16.3 Å². The standard InChI is InChI=1S/C18H18FN3/c1-13-10-15(14-2-4-16(19)5-3-14)11-18(17(13)12-20)22-8-6-21-7-9-22/h2-5,10-11,21H,6-9H2,1H3. The van der Waals surface area contributed by atoms with E-state index in [-0.39, 0.29) is 5.82 Å². The summed E-state index contributed by atoms with van der Waals surface area (Å²) in [6.45, 7) is 5.58.